The molecule has 33 heavy (non-hydrogen) atoms. The van der Waals surface area contributed by atoms with Gasteiger partial charge in [0.15, 0.2) is 5.82 Å². The van der Waals surface area contributed by atoms with Gasteiger partial charge in [0.05, 0.1) is 25.3 Å². The van der Waals surface area contributed by atoms with E-state index in [4.69, 9.17) is 24.2 Å². The van der Waals surface area contributed by atoms with Crippen molar-refractivity contribution in [1.29, 1.82) is 0 Å². The van der Waals surface area contributed by atoms with Gasteiger partial charge in [-0.1, -0.05) is 18.2 Å². The minimum absolute atomic E-state index is 0.313. The lowest BCUT2D eigenvalue weighted by molar-refractivity contribution is 0.122. The Morgan fingerprint density at radius 2 is 1.91 bits per heavy atom. The Bertz CT molecular complexity index is 1130. The number of nitrogens with zero attached hydrogens (tertiary/aromatic N) is 5. The van der Waals surface area contributed by atoms with E-state index in [0.717, 1.165) is 41.8 Å². The molecule has 0 amide bonds. The molecule has 4 heterocycles. The van der Waals surface area contributed by atoms with Gasteiger partial charge in [-0.15, -0.1) is 0 Å². The molecule has 3 aromatic rings. The number of amidine groups is 1. The quantitative estimate of drug-likeness (QED) is 0.553. The van der Waals surface area contributed by atoms with E-state index >= 15 is 0 Å². The first-order chi connectivity index (χ1) is 16.2. The van der Waals surface area contributed by atoms with E-state index < -0.39 is 0 Å². The van der Waals surface area contributed by atoms with Gasteiger partial charge in [0.1, 0.15) is 24.7 Å². The Morgan fingerprint density at radius 3 is 2.73 bits per heavy atom. The first kappa shape index (κ1) is 21.1. The third-order valence-corrected chi connectivity index (χ3v) is 5.32. The number of hydrogen-bond donors (Lipinski definition) is 1. The van der Waals surface area contributed by atoms with Gasteiger partial charge in [0, 0.05) is 31.0 Å². The average Bonchev–Trinajstić information content (AvgIpc) is 3.25. The van der Waals surface area contributed by atoms with Crippen LogP contribution in [-0.2, 0) is 11.2 Å². The van der Waals surface area contributed by atoms with Crippen molar-refractivity contribution in [3.05, 3.63) is 59.9 Å². The number of aryl methyl sites for hydroxylation is 1. The molecule has 9 heteroatoms. The number of nitrogens with one attached hydrogen (secondary N) is 1. The monoisotopic (exact) mass is 446 g/mol. The summed E-state index contributed by atoms with van der Waals surface area (Å²) in [6.07, 6.45) is 2.28. The predicted octanol–water partition coefficient (Wildman–Crippen LogP) is 3.17. The highest BCUT2D eigenvalue weighted by atomic mass is 16.5. The van der Waals surface area contributed by atoms with Gasteiger partial charge in [-0.3, -0.25) is 0 Å². The second kappa shape index (κ2) is 9.83. The van der Waals surface area contributed by atoms with Crippen molar-refractivity contribution >= 4 is 23.0 Å². The number of morpholine rings is 1. The molecule has 0 aliphatic carbocycles. The Kier molecular flexibility index (Phi) is 6.30. The second-order valence-electron chi connectivity index (χ2n) is 7.82. The molecule has 0 unspecified atom stereocenters. The van der Waals surface area contributed by atoms with Gasteiger partial charge in [0.25, 0.3) is 0 Å². The van der Waals surface area contributed by atoms with Crippen LogP contribution in [0, 0.1) is 6.92 Å². The largest absolute Gasteiger partial charge is 0.474 e. The van der Waals surface area contributed by atoms with Crippen LogP contribution in [-0.4, -0.2) is 60.3 Å². The first-order valence-corrected chi connectivity index (χ1v) is 11.1. The van der Waals surface area contributed by atoms with Crippen molar-refractivity contribution < 1.29 is 14.2 Å². The molecule has 0 spiro atoms. The zero-order chi connectivity index (χ0) is 22.5. The van der Waals surface area contributed by atoms with Crippen molar-refractivity contribution in [1.82, 2.24) is 15.0 Å². The zero-order valence-electron chi connectivity index (χ0n) is 18.5. The minimum Gasteiger partial charge on any atom is -0.474 e. The highest BCUT2D eigenvalue weighted by Crippen LogP contribution is 2.36. The molecule has 1 saturated heterocycles. The molecule has 0 radical (unpaired) electrons. The van der Waals surface area contributed by atoms with Gasteiger partial charge in [-0.25, -0.2) is 9.98 Å². The zero-order valence-corrected chi connectivity index (χ0v) is 18.5. The van der Waals surface area contributed by atoms with Crippen molar-refractivity contribution in [3.63, 3.8) is 0 Å². The van der Waals surface area contributed by atoms with Crippen LogP contribution in [0.5, 0.6) is 11.9 Å². The van der Waals surface area contributed by atoms with Crippen LogP contribution in [0.15, 0.2) is 53.7 Å². The first-order valence-electron chi connectivity index (χ1n) is 11.1. The molecular weight excluding hydrogens is 420 g/mol. The molecule has 0 atom stereocenters. The highest BCUT2D eigenvalue weighted by Gasteiger charge is 2.27. The fraction of sp³-hybridized carbons (Fsp3) is 0.333. The third kappa shape index (κ3) is 5.20. The van der Waals surface area contributed by atoms with Gasteiger partial charge in [0.2, 0.25) is 5.88 Å². The smallest absolute Gasteiger partial charge is 0.318 e. The fourth-order valence-electron chi connectivity index (χ4n) is 3.77. The van der Waals surface area contributed by atoms with E-state index in [2.05, 4.69) is 39.2 Å². The predicted molar refractivity (Wildman–Crippen MR) is 126 cm³/mol. The topological polar surface area (TPSA) is 94.0 Å². The molecule has 2 aromatic heterocycles. The van der Waals surface area contributed by atoms with Crippen LogP contribution in [0.2, 0.25) is 0 Å². The van der Waals surface area contributed by atoms with E-state index in [1.165, 1.54) is 5.56 Å². The van der Waals surface area contributed by atoms with Crippen molar-refractivity contribution in [3.8, 4) is 11.9 Å². The molecule has 1 N–H and O–H groups in total. The molecule has 0 bridgehead atoms. The summed E-state index contributed by atoms with van der Waals surface area (Å²) in [5.74, 6) is 2.19. The number of fused-ring (bicyclic) bond motifs is 1. The minimum atomic E-state index is 0.313. The van der Waals surface area contributed by atoms with Crippen molar-refractivity contribution in [2.75, 3.05) is 49.7 Å². The van der Waals surface area contributed by atoms with Crippen molar-refractivity contribution in [2.45, 2.75) is 13.3 Å². The normalized spacial score (nSPS) is 15.1. The van der Waals surface area contributed by atoms with Crippen LogP contribution >= 0.6 is 0 Å². The molecule has 0 saturated carbocycles. The van der Waals surface area contributed by atoms with E-state index in [-0.39, 0.29) is 0 Å². The number of benzene rings is 1. The summed E-state index contributed by atoms with van der Waals surface area (Å²) in [4.78, 5) is 20.5. The lowest BCUT2D eigenvalue weighted by atomic mass is 10.2. The lowest BCUT2D eigenvalue weighted by Crippen LogP contribution is -2.37. The number of aliphatic imine (C=N–C) groups is 1. The van der Waals surface area contributed by atoms with Crippen LogP contribution in [0.25, 0.3) is 0 Å². The summed E-state index contributed by atoms with van der Waals surface area (Å²) in [7, 11) is 0. The van der Waals surface area contributed by atoms with E-state index in [1.54, 1.807) is 6.20 Å². The molecule has 170 valence electrons. The van der Waals surface area contributed by atoms with Gasteiger partial charge in [-0.2, -0.15) is 9.97 Å². The van der Waals surface area contributed by atoms with Gasteiger partial charge >= 0.3 is 6.01 Å². The van der Waals surface area contributed by atoms with Gasteiger partial charge in [-0.05, 0) is 30.7 Å². The summed E-state index contributed by atoms with van der Waals surface area (Å²) < 4.78 is 17.0. The SMILES string of the molecule is Cc1cccc(NC2=Nc3c(nc(OCCOc4ccccn4)nc3N3CCOCC3)C2)c1. The van der Waals surface area contributed by atoms with Crippen LogP contribution < -0.4 is 19.7 Å². The maximum atomic E-state index is 5.85. The Hall–Kier alpha value is -3.72. The summed E-state index contributed by atoms with van der Waals surface area (Å²) in [5.41, 5.74) is 3.84. The molecule has 1 fully saturated rings. The molecule has 1 aromatic carbocycles. The average molecular weight is 447 g/mol. The lowest BCUT2D eigenvalue weighted by Gasteiger charge is -2.28. The molecule has 5 rings (SSSR count). The molecular formula is C24H26N6O3. The van der Waals surface area contributed by atoms with Crippen LogP contribution in [0.3, 0.4) is 0 Å². The van der Waals surface area contributed by atoms with E-state index in [9.17, 15) is 0 Å². The number of ether oxygens (including phenoxy) is 3. The van der Waals surface area contributed by atoms with Crippen molar-refractivity contribution in [2.24, 2.45) is 4.99 Å². The second-order valence-corrected chi connectivity index (χ2v) is 7.82. The number of rotatable bonds is 7. The number of anilines is 2. The Labute approximate surface area is 192 Å². The van der Waals surface area contributed by atoms with E-state index in [0.29, 0.717) is 44.7 Å². The molecule has 2 aliphatic rings. The summed E-state index contributed by atoms with van der Waals surface area (Å²) in [5, 5.41) is 3.42. The molecule has 2 aliphatic heterocycles. The summed E-state index contributed by atoms with van der Waals surface area (Å²) >= 11 is 0. The van der Waals surface area contributed by atoms with Crippen LogP contribution in [0.4, 0.5) is 17.2 Å². The number of aromatic nitrogens is 3. The maximum absolute atomic E-state index is 5.85. The van der Waals surface area contributed by atoms with Crippen LogP contribution in [0.1, 0.15) is 11.3 Å². The number of hydrogen-bond acceptors (Lipinski definition) is 9. The standard InChI is InChI=1S/C24H26N6O3/c1-17-5-4-6-18(15-17)26-20-16-19-22(28-20)23(30-9-11-31-12-10-30)29-24(27-19)33-14-13-32-21-7-2-3-8-25-21/h2-8,15H,9-14,16H2,1H3,(H,26,28). The number of pyridine rings is 1. The summed E-state index contributed by atoms with van der Waals surface area (Å²) in [6.45, 7) is 5.55. The molecule has 9 nitrogen and oxygen atoms in total. The van der Waals surface area contributed by atoms with Gasteiger partial charge < -0.3 is 24.4 Å². The highest BCUT2D eigenvalue weighted by molar-refractivity contribution is 6.03. The summed E-state index contributed by atoms with van der Waals surface area (Å²) in [6, 6.07) is 14.1. The van der Waals surface area contributed by atoms with E-state index in [1.807, 2.05) is 30.3 Å². The fourth-order valence-corrected chi connectivity index (χ4v) is 3.77. The Morgan fingerprint density at radius 1 is 1.03 bits per heavy atom. The third-order valence-electron chi connectivity index (χ3n) is 5.32. The Balaban J connectivity index is 1.31. The maximum Gasteiger partial charge on any atom is 0.318 e.